The highest BCUT2D eigenvalue weighted by Crippen LogP contribution is 2.44. The van der Waals surface area contributed by atoms with E-state index in [2.05, 4.69) is 66.8 Å². The Morgan fingerprint density at radius 2 is 1.68 bits per heavy atom. The molecule has 0 bridgehead atoms. The summed E-state index contributed by atoms with van der Waals surface area (Å²) in [6, 6.07) is 20.8. The van der Waals surface area contributed by atoms with Gasteiger partial charge >= 0.3 is 0 Å². The molecular weight excluding hydrogens is 443 g/mol. The van der Waals surface area contributed by atoms with Crippen molar-refractivity contribution in [2.75, 3.05) is 4.90 Å². The van der Waals surface area contributed by atoms with Crippen LogP contribution < -0.4 is 10.2 Å². The molecule has 2 aromatic heterocycles. The molecule has 2 aromatic carbocycles. The molecule has 34 heavy (non-hydrogen) atoms. The third-order valence-electron chi connectivity index (χ3n) is 6.60. The average Bonchev–Trinajstić information content (AvgIpc) is 3.31. The first-order valence-electron chi connectivity index (χ1n) is 11.4. The third kappa shape index (κ3) is 3.68. The fourth-order valence-electron chi connectivity index (χ4n) is 5.00. The molecule has 0 spiro atoms. The van der Waals surface area contributed by atoms with Crippen molar-refractivity contribution in [3.63, 3.8) is 0 Å². The lowest BCUT2D eigenvalue weighted by atomic mass is 9.96. The molecule has 1 fully saturated rings. The summed E-state index contributed by atoms with van der Waals surface area (Å²) in [7, 11) is 0. The Balaban J connectivity index is 1.72. The van der Waals surface area contributed by atoms with Crippen molar-refractivity contribution in [3.8, 4) is 5.69 Å². The average molecular weight is 471 g/mol. The quantitative estimate of drug-likeness (QED) is 0.349. The molecule has 4 aromatic rings. The molecule has 1 N–H and O–H groups in total. The van der Waals surface area contributed by atoms with E-state index in [0.29, 0.717) is 10.8 Å². The van der Waals surface area contributed by atoms with Gasteiger partial charge < -0.3 is 14.8 Å². The lowest BCUT2D eigenvalue weighted by molar-refractivity contribution is 0.556. The summed E-state index contributed by atoms with van der Waals surface area (Å²) in [4.78, 5) is 6.52. The van der Waals surface area contributed by atoms with E-state index in [-0.39, 0.29) is 17.9 Å². The first-order valence-corrected chi connectivity index (χ1v) is 11.8. The van der Waals surface area contributed by atoms with Crippen molar-refractivity contribution in [2.24, 2.45) is 0 Å². The molecule has 4 nitrogen and oxygen atoms in total. The molecule has 0 unspecified atom stereocenters. The minimum absolute atomic E-state index is 0.221. The third-order valence-corrected chi connectivity index (χ3v) is 6.92. The van der Waals surface area contributed by atoms with Crippen LogP contribution in [0.2, 0.25) is 0 Å². The van der Waals surface area contributed by atoms with Gasteiger partial charge in [-0.2, -0.15) is 0 Å². The molecule has 2 atom stereocenters. The van der Waals surface area contributed by atoms with E-state index in [1.807, 2.05) is 29.2 Å². The SMILES string of the molecule is Cc1ccc(C)c(-n2c(C)cc([C@H]3[C@H](c4ccccn4)NC(=S)N3c3ccccc3F)c2C)c1. The Labute approximate surface area is 205 Å². The fraction of sp³-hybridized carbons (Fsp3) is 0.214. The molecule has 5 rings (SSSR count). The predicted octanol–water partition coefficient (Wildman–Crippen LogP) is 6.42. The van der Waals surface area contributed by atoms with Crippen LogP contribution in [0, 0.1) is 33.5 Å². The zero-order chi connectivity index (χ0) is 24.0. The minimum Gasteiger partial charge on any atom is -0.351 e. The number of para-hydroxylation sites is 1. The van der Waals surface area contributed by atoms with Crippen LogP contribution in [0.5, 0.6) is 0 Å². The number of hydrogen-bond donors (Lipinski definition) is 1. The standard InChI is InChI=1S/C28H27FN4S/c1-17-12-13-18(2)25(15-17)32-19(3)16-21(20(32)4)27-26(23-10-7-8-14-30-23)31-28(34)33(27)24-11-6-5-9-22(24)29/h5-16,26-27H,1-4H3,(H,31,34)/t26-,27-/m0/s1. The van der Waals surface area contributed by atoms with Crippen LogP contribution >= 0.6 is 12.2 Å². The van der Waals surface area contributed by atoms with Crippen molar-refractivity contribution in [1.29, 1.82) is 0 Å². The zero-order valence-electron chi connectivity index (χ0n) is 19.7. The summed E-state index contributed by atoms with van der Waals surface area (Å²) in [5, 5.41) is 3.92. The molecule has 0 aliphatic carbocycles. The largest absolute Gasteiger partial charge is 0.351 e. The molecule has 1 aliphatic heterocycles. The molecule has 0 radical (unpaired) electrons. The van der Waals surface area contributed by atoms with Gasteiger partial charge in [-0.15, -0.1) is 0 Å². The topological polar surface area (TPSA) is 33.1 Å². The number of hydrogen-bond acceptors (Lipinski definition) is 2. The van der Waals surface area contributed by atoms with Crippen molar-refractivity contribution in [3.05, 3.63) is 113 Å². The van der Waals surface area contributed by atoms with Crippen LogP contribution in [0.3, 0.4) is 0 Å². The Bertz CT molecular complexity index is 1380. The van der Waals surface area contributed by atoms with Crippen molar-refractivity contribution in [2.45, 2.75) is 39.8 Å². The molecule has 3 heterocycles. The van der Waals surface area contributed by atoms with Crippen LogP contribution in [-0.4, -0.2) is 14.7 Å². The lowest BCUT2D eigenvalue weighted by Gasteiger charge is -2.28. The van der Waals surface area contributed by atoms with Crippen LogP contribution in [0.1, 0.15) is 45.9 Å². The Kier molecular flexibility index (Phi) is 5.70. The highest BCUT2D eigenvalue weighted by molar-refractivity contribution is 7.80. The second-order valence-corrected chi connectivity index (χ2v) is 9.29. The normalized spacial score (nSPS) is 17.8. The lowest BCUT2D eigenvalue weighted by Crippen LogP contribution is -2.30. The number of aryl methyl sites for hydroxylation is 3. The van der Waals surface area contributed by atoms with Crippen molar-refractivity contribution in [1.82, 2.24) is 14.9 Å². The molecule has 6 heteroatoms. The van der Waals surface area contributed by atoms with Crippen molar-refractivity contribution < 1.29 is 4.39 Å². The monoisotopic (exact) mass is 470 g/mol. The first-order chi connectivity index (χ1) is 16.4. The van der Waals surface area contributed by atoms with E-state index in [4.69, 9.17) is 12.2 Å². The summed E-state index contributed by atoms with van der Waals surface area (Å²) in [6.07, 6.45) is 1.78. The maximum atomic E-state index is 15.0. The number of thiocarbonyl (C=S) groups is 1. The van der Waals surface area contributed by atoms with Gasteiger partial charge in [0, 0.05) is 23.3 Å². The van der Waals surface area contributed by atoms with Gasteiger partial charge in [-0.1, -0.05) is 30.3 Å². The van der Waals surface area contributed by atoms with E-state index in [1.54, 1.807) is 18.3 Å². The maximum Gasteiger partial charge on any atom is 0.174 e. The number of aromatic nitrogens is 2. The van der Waals surface area contributed by atoms with Crippen LogP contribution in [0.4, 0.5) is 10.1 Å². The Morgan fingerprint density at radius 1 is 0.912 bits per heavy atom. The first kappa shape index (κ1) is 22.3. The summed E-state index contributed by atoms with van der Waals surface area (Å²) in [6.45, 7) is 8.47. The van der Waals surface area contributed by atoms with Crippen LogP contribution in [0.25, 0.3) is 5.69 Å². The van der Waals surface area contributed by atoms with E-state index >= 15 is 4.39 Å². The van der Waals surface area contributed by atoms with Gasteiger partial charge in [0.05, 0.1) is 23.5 Å². The van der Waals surface area contributed by atoms with Crippen molar-refractivity contribution >= 4 is 23.0 Å². The molecule has 1 saturated heterocycles. The van der Waals surface area contributed by atoms with Gasteiger partial charge in [0.15, 0.2) is 5.11 Å². The van der Waals surface area contributed by atoms with Crippen LogP contribution in [0.15, 0.2) is 72.9 Å². The number of halogens is 1. The van der Waals surface area contributed by atoms with Gasteiger partial charge in [0.25, 0.3) is 0 Å². The number of anilines is 1. The Morgan fingerprint density at radius 3 is 2.41 bits per heavy atom. The van der Waals surface area contributed by atoms with Gasteiger partial charge in [0.2, 0.25) is 0 Å². The smallest absolute Gasteiger partial charge is 0.174 e. The molecule has 0 saturated carbocycles. The van der Waals surface area contributed by atoms with Crippen LogP contribution in [-0.2, 0) is 0 Å². The fourth-order valence-corrected chi connectivity index (χ4v) is 5.33. The van der Waals surface area contributed by atoms with Gasteiger partial charge in [-0.05, 0) is 93.0 Å². The Hall–Kier alpha value is -3.51. The van der Waals surface area contributed by atoms with Gasteiger partial charge in [-0.25, -0.2) is 4.39 Å². The minimum atomic E-state index is -0.304. The summed E-state index contributed by atoms with van der Waals surface area (Å²) < 4.78 is 17.3. The van der Waals surface area contributed by atoms with E-state index in [9.17, 15) is 0 Å². The van der Waals surface area contributed by atoms with E-state index in [1.165, 1.54) is 17.2 Å². The van der Waals surface area contributed by atoms with E-state index in [0.717, 1.165) is 28.3 Å². The second-order valence-electron chi connectivity index (χ2n) is 8.90. The maximum absolute atomic E-state index is 15.0. The van der Waals surface area contributed by atoms with Gasteiger partial charge in [-0.3, -0.25) is 4.98 Å². The molecule has 1 aliphatic rings. The van der Waals surface area contributed by atoms with E-state index < -0.39 is 0 Å². The number of pyridine rings is 1. The summed E-state index contributed by atoms with van der Waals surface area (Å²) >= 11 is 5.76. The van der Waals surface area contributed by atoms with Gasteiger partial charge in [0.1, 0.15) is 5.82 Å². The highest BCUT2D eigenvalue weighted by Gasteiger charge is 2.43. The number of nitrogens with one attached hydrogen (secondary N) is 1. The predicted molar refractivity (Wildman–Crippen MR) is 139 cm³/mol. The second kappa shape index (κ2) is 8.69. The number of benzene rings is 2. The molecule has 172 valence electrons. The molecular formula is C28H27FN4S. The zero-order valence-corrected chi connectivity index (χ0v) is 20.5. The molecule has 0 amide bonds. The summed E-state index contributed by atoms with van der Waals surface area (Å²) in [5.74, 6) is -0.304. The number of nitrogens with zero attached hydrogens (tertiary/aromatic N) is 3. The highest BCUT2D eigenvalue weighted by atomic mass is 32.1. The summed E-state index contributed by atoms with van der Waals surface area (Å²) in [5.41, 5.74) is 8.19. The number of rotatable bonds is 4.